The number of esters is 1. The van der Waals surface area contributed by atoms with E-state index in [9.17, 15) is 4.79 Å². The lowest BCUT2D eigenvalue weighted by Crippen LogP contribution is -2.03. The molecule has 0 radical (unpaired) electrons. The lowest BCUT2D eigenvalue weighted by Gasteiger charge is -2.11. The van der Waals surface area contributed by atoms with Crippen LogP contribution < -0.4 is 0 Å². The van der Waals surface area contributed by atoms with Crippen LogP contribution >= 0.6 is 0 Å². The third-order valence-corrected chi connectivity index (χ3v) is 5.40. The molecule has 0 bridgehead atoms. The summed E-state index contributed by atoms with van der Waals surface area (Å²) < 4.78 is 7.17. The second-order valence-electron chi connectivity index (χ2n) is 7.04. The molecule has 0 aliphatic carbocycles. The minimum absolute atomic E-state index is 0.182. The van der Waals surface area contributed by atoms with Gasteiger partial charge in [0, 0.05) is 10.9 Å². The maximum Gasteiger partial charge on any atom is 0.341 e. The van der Waals surface area contributed by atoms with E-state index in [1.54, 1.807) is 6.20 Å². The Hall–Kier alpha value is -3.99. The zero-order chi connectivity index (χ0) is 19.4. The predicted octanol–water partition coefficient (Wildman–Crippen LogP) is 4.91. The molecule has 5 nitrogen and oxygen atoms in total. The van der Waals surface area contributed by atoms with Crippen LogP contribution in [0, 0.1) is 0 Å². The van der Waals surface area contributed by atoms with Crippen molar-refractivity contribution in [1.29, 1.82) is 0 Å². The van der Waals surface area contributed by atoms with Gasteiger partial charge >= 0.3 is 5.97 Å². The van der Waals surface area contributed by atoms with Gasteiger partial charge in [0.2, 0.25) is 0 Å². The largest absolute Gasteiger partial charge is 0.455 e. The van der Waals surface area contributed by atoms with Crippen LogP contribution in [0.3, 0.4) is 0 Å². The molecule has 0 saturated heterocycles. The van der Waals surface area contributed by atoms with E-state index in [0.29, 0.717) is 11.3 Å². The highest BCUT2D eigenvalue weighted by atomic mass is 16.5. The Morgan fingerprint density at radius 2 is 1.62 bits per heavy atom. The topological polar surface area (TPSA) is 57.0 Å². The number of pyridine rings is 1. The number of aromatic nitrogens is 3. The molecule has 5 aromatic rings. The van der Waals surface area contributed by atoms with Gasteiger partial charge in [-0.25, -0.2) is 14.5 Å². The number of carbonyl (C=O) groups excluding carboxylic acids is 1. The third kappa shape index (κ3) is 2.31. The Labute approximate surface area is 166 Å². The number of para-hydroxylation sites is 1. The molecule has 2 aromatic heterocycles. The number of rotatable bonds is 2. The summed E-state index contributed by atoms with van der Waals surface area (Å²) in [6.07, 6.45) is 1.79. The molecule has 0 saturated carbocycles. The molecule has 138 valence electrons. The van der Waals surface area contributed by atoms with Gasteiger partial charge in [-0.15, -0.1) is 0 Å². The minimum atomic E-state index is -0.329. The highest BCUT2D eigenvalue weighted by Crippen LogP contribution is 2.39. The number of cyclic esters (lactones) is 1. The van der Waals surface area contributed by atoms with Gasteiger partial charge in [-0.3, -0.25) is 0 Å². The molecule has 29 heavy (non-hydrogen) atoms. The number of fused-ring (bicyclic) bond motifs is 3. The summed E-state index contributed by atoms with van der Waals surface area (Å²) in [4.78, 5) is 17.4. The quantitative estimate of drug-likeness (QED) is 0.410. The highest BCUT2D eigenvalue weighted by Gasteiger charge is 2.31. The maximum absolute atomic E-state index is 12.6. The fraction of sp³-hybridized carbons (Fsp3) is 0.0417. The summed E-state index contributed by atoms with van der Waals surface area (Å²) in [5, 5.41) is 7.63. The van der Waals surface area contributed by atoms with E-state index in [0.717, 1.165) is 38.6 Å². The maximum atomic E-state index is 12.6. The van der Waals surface area contributed by atoms with Crippen molar-refractivity contribution in [1.82, 2.24) is 14.8 Å². The summed E-state index contributed by atoms with van der Waals surface area (Å²) >= 11 is 0. The second kappa shape index (κ2) is 6.01. The first-order chi connectivity index (χ1) is 14.3. The van der Waals surface area contributed by atoms with Gasteiger partial charge in [0.1, 0.15) is 6.61 Å². The number of ether oxygens (including phenoxy) is 1. The molecule has 3 aromatic carbocycles. The predicted molar refractivity (Wildman–Crippen MR) is 111 cm³/mol. The van der Waals surface area contributed by atoms with E-state index in [1.807, 2.05) is 59.3 Å². The fourth-order valence-corrected chi connectivity index (χ4v) is 4.10. The number of benzene rings is 3. The van der Waals surface area contributed by atoms with E-state index in [-0.39, 0.29) is 12.6 Å². The van der Waals surface area contributed by atoms with Gasteiger partial charge in [0.15, 0.2) is 5.65 Å². The van der Waals surface area contributed by atoms with Crippen molar-refractivity contribution < 1.29 is 9.53 Å². The van der Waals surface area contributed by atoms with E-state index in [1.165, 1.54) is 0 Å². The van der Waals surface area contributed by atoms with Crippen molar-refractivity contribution in [3.05, 3.63) is 90.3 Å². The van der Waals surface area contributed by atoms with Crippen LogP contribution in [0.1, 0.15) is 16.1 Å². The Morgan fingerprint density at radius 1 is 0.828 bits per heavy atom. The summed E-state index contributed by atoms with van der Waals surface area (Å²) in [6.45, 7) is 0.182. The molecule has 1 aliphatic heterocycles. The fourth-order valence-electron chi connectivity index (χ4n) is 4.10. The standard InChI is InChI=1S/C24H15N3O2/c28-24-22-20(14-29-24)26-23-19(13-25-27(23)16-9-2-1-3-10-16)21(22)18-12-6-8-15-7-4-5-11-17(15)18/h1-13H,14H2. The molecule has 0 atom stereocenters. The van der Waals surface area contributed by atoms with Crippen molar-refractivity contribution in [3.8, 4) is 16.8 Å². The lowest BCUT2D eigenvalue weighted by molar-refractivity contribution is 0.0534. The molecule has 1 aliphatic rings. The minimum Gasteiger partial charge on any atom is -0.455 e. The van der Waals surface area contributed by atoms with E-state index >= 15 is 0 Å². The molecule has 5 heteroatoms. The van der Waals surface area contributed by atoms with Crippen molar-refractivity contribution in [3.63, 3.8) is 0 Å². The van der Waals surface area contributed by atoms with Crippen LogP contribution in [0.15, 0.2) is 79.0 Å². The van der Waals surface area contributed by atoms with Crippen LogP contribution in [-0.4, -0.2) is 20.7 Å². The van der Waals surface area contributed by atoms with Crippen LogP contribution in [0.25, 0.3) is 38.6 Å². The normalized spacial score (nSPS) is 13.0. The van der Waals surface area contributed by atoms with Gasteiger partial charge in [0.05, 0.1) is 23.1 Å². The molecular formula is C24H15N3O2. The lowest BCUT2D eigenvalue weighted by atomic mass is 9.93. The van der Waals surface area contributed by atoms with E-state index in [2.05, 4.69) is 23.3 Å². The van der Waals surface area contributed by atoms with Gasteiger partial charge in [-0.1, -0.05) is 60.7 Å². The zero-order valence-corrected chi connectivity index (χ0v) is 15.4. The van der Waals surface area contributed by atoms with Crippen molar-refractivity contribution in [2.24, 2.45) is 0 Å². The van der Waals surface area contributed by atoms with Crippen molar-refractivity contribution in [2.75, 3.05) is 0 Å². The molecule has 0 amide bonds. The smallest absolute Gasteiger partial charge is 0.341 e. The van der Waals surface area contributed by atoms with Gasteiger partial charge in [-0.05, 0) is 28.5 Å². The van der Waals surface area contributed by atoms with Crippen LogP contribution in [0.4, 0.5) is 0 Å². The summed E-state index contributed by atoms with van der Waals surface area (Å²) in [5.41, 5.74) is 4.66. The number of hydrogen-bond donors (Lipinski definition) is 0. The summed E-state index contributed by atoms with van der Waals surface area (Å²) in [6, 6.07) is 24.2. The van der Waals surface area contributed by atoms with Gasteiger partial charge in [0.25, 0.3) is 0 Å². The van der Waals surface area contributed by atoms with Gasteiger partial charge in [-0.2, -0.15) is 5.10 Å². The number of hydrogen-bond acceptors (Lipinski definition) is 4. The Morgan fingerprint density at radius 3 is 2.52 bits per heavy atom. The third-order valence-electron chi connectivity index (χ3n) is 5.40. The van der Waals surface area contributed by atoms with Crippen LogP contribution in [0.2, 0.25) is 0 Å². The Bertz CT molecular complexity index is 1420. The molecule has 0 unspecified atom stereocenters. The Balaban J connectivity index is 1.75. The Kier molecular flexibility index (Phi) is 3.32. The van der Waals surface area contributed by atoms with E-state index < -0.39 is 0 Å². The highest BCUT2D eigenvalue weighted by molar-refractivity contribution is 6.13. The molecule has 6 rings (SSSR count). The molecule has 0 fully saturated rings. The summed E-state index contributed by atoms with van der Waals surface area (Å²) in [7, 11) is 0. The molecule has 0 spiro atoms. The van der Waals surface area contributed by atoms with Crippen molar-refractivity contribution in [2.45, 2.75) is 6.61 Å². The van der Waals surface area contributed by atoms with Crippen molar-refractivity contribution >= 4 is 27.8 Å². The molecular weight excluding hydrogens is 362 g/mol. The molecule has 3 heterocycles. The first kappa shape index (κ1) is 16.0. The first-order valence-electron chi connectivity index (χ1n) is 9.42. The van der Waals surface area contributed by atoms with Crippen LogP contribution in [-0.2, 0) is 11.3 Å². The number of carbonyl (C=O) groups is 1. The second-order valence-corrected chi connectivity index (χ2v) is 7.04. The zero-order valence-electron chi connectivity index (χ0n) is 15.4. The summed E-state index contributed by atoms with van der Waals surface area (Å²) in [5.74, 6) is -0.329. The SMILES string of the molecule is O=C1OCc2nc3c(cnn3-c3ccccc3)c(-c3cccc4ccccc34)c21. The monoisotopic (exact) mass is 377 g/mol. The average molecular weight is 377 g/mol. The molecule has 0 N–H and O–H groups in total. The van der Waals surface area contributed by atoms with E-state index in [4.69, 9.17) is 9.72 Å². The number of nitrogens with zero attached hydrogens (tertiary/aromatic N) is 3. The van der Waals surface area contributed by atoms with Gasteiger partial charge < -0.3 is 4.74 Å². The average Bonchev–Trinajstić information content (AvgIpc) is 3.36. The first-order valence-corrected chi connectivity index (χ1v) is 9.42. The van der Waals surface area contributed by atoms with Crippen LogP contribution in [0.5, 0.6) is 0 Å².